The molecule has 27 heavy (non-hydrogen) atoms. The molecule has 1 aliphatic heterocycles. The normalized spacial score (nSPS) is 14.3. The van der Waals surface area contributed by atoms with E-state index >= 15 is 0 Å². The number of anilines is 1. The van der Waals surface area contributed by atoms with Gasteiger partial charge in [-0.25, -0.2) is 4.68 Å². The summed E-state index contributed by atoms with van der Waals surface area (Å²) in [5.41, 5.74) is 1.28. The number of para-hydroxylation sites is 1. The Labute approximate surface area is 172 Å². The second kappa shape index (κ2) is 11.2. The van der Waals surface area contributed by atoms with Crippen molar-refractivity contribution < 1.29 is 4.79 Å². The topological polar surface area (TPSA) is 66.3 Å². The molecule has 1 aromatic heterocycles. The first-order chi connectivity index (χ1) is 12.1. The standard InChI is InChI=1S/C18H26N6O.2ClH/c1-22(2)12-13-23(15-6-4-3-5-7-15)18(25)17-14-24(21-20-17)16-8-10-19-11-9-16;;/h3-7,14,16,19H,8-13H2,1-2H3;2*1H. The number of likely N-dealkylation sites (N-methyl/N-ethyl adjacent to an activating group) is 1. The molecule has 1 fully saturated rings. The molecule has 0 unspecified atom stereocenters. The van der Waals surface area contributed by atoms with Crippen LogP contribution in [0, 0.1) is 0 Å². The van der Waals surface area contributed by atoms with Crippen molar-refractivity contribution in [2.75, 3.05) is 45.2 Å². The van der Waals surface area contributed by atoms with E-state index in [4.69, 9.17) is 0 Å². The molecule has 0 bridgehead atoms. The molecule has 2 heterocycles. The maximum atomic E-state index is 13.0. The van der Waals surface area contributed by atoms with Gasteiger partial charge in [0.1, 0.15) is 0 Å². The van der Waals surface area contributed by atoms with Crippen LogP contribution < -0.4 is 10.2 Å². The van der Waals surface area contributed by atoms with Gasteiger partial charge in [0.15, 0.2) is 5.69 Å². The third kappa shape index (κ3) is 6.17. The number of benzene rings is 1. The van der Waals surface area contributed by atoms with E-state index in [-0.39, 0.29) is 30.7 Å². The second-order valence-electron chi connectivity index (χ2n) is 6.66. The average Bonchev–Trinajstić information content (AvgIpc) is 3.13. The number of piperidine rings is 1. The minimum Gasteiger partial charge on any atom is -0.317 e. The predicted molar refractivity (Wildman–Crippen MR) is 112 cm³/mol. The first-order valence-electron chi connectivity index (χ1n) is 8.79. The summed E-state index contributed by atoms with van der Waals surface area (Å²) < 4.78 is 1.85. The first kappa shape index (κ1) is 23.4. The van der Waals surface area contributed by atoms with Gasteiger partial charge in [-0.1, -0.05) is 23.4 Å². The molecule has 1 aromatic carbocycles. The van der Waals surface area contributed by atoms with E-state index in [1.807, 2.05) is 49.1 Å². The van der Waals surface area contributed by atoms with Crippen molar-refractivity contribution in [2.24, 2.45) is 0 Å². The van der Waals surface area contributed by atoms with Gasteiger partial charge < -0.3 is 15.1 Å². The number of nitrogens with one attached hydrogen (secondary N) is 1. The van der Waals surface area contributed by atoms with Crippen LogP contribution in [-0.2, 0) is 0 Å². The summed E-state index contributed by atoms with van der Waals surface area (Å²) in [5.74, 6) is -0.103. The largest absolute Gasteiger partial charge is 0.317 e. The van der Waals surface area contributed by atoms with Gasteiger partial charge >= 0.3 is 0 Å². The molecule has 7 nitrogen and oxygen atoms in total. The van der Waals surface area contributed by atoms with E-state index in [1.165, 1.54) is 0 Å². The van der Waals surface area contributed by atoms with Crippen LogP contribution in [0.5, 0.6) is 0 Å². The summed E-state index contributed by atoms with van der Waals surface area (Å²) in [6.45, 7) is 3.35. The Bertz CT molecular complexity index is 688. The van der Waals surface area contributed by atoms with Gasteiger partial charge in [0, 0.05) is 18.8 Å². The maximum Gasteiger partial charge on any atom is 0.280 e. The average molecular weight is 415 g/mol. The van der Waals surface area contributed by atoms with E-state index in [0.717, 1.165) is 38.2 Å². The zero-order valence-corrected chi connectivity index (χ0v) is 17.4. The van der Waals surface area contributed by atoms with E-state index in [1.54, 1.807) is 11.1 Å². The Kier molecular flexibility index (Phi) is 9.73. The van der Waals surface area contributed by atoms with Crippen molar-refractivity contribution in [3.8, 4) is 0 Å². The molecule has 1 saturated heterocycles. The highest BCUT2D eigenvalue weighted by atomic mass is 35.5. The zero-order chi connectivity index (χ0) is 17.6. The van der Waals surface area contributed by atoms with Crippen molar-refractivity contribution in [1.82, 2.24) is 25.2 Å². The molecule has 1 N–H and O–H groups in total. The maximum absolute atomic E-state index is 13.0. The van der Waals surface area contributed by atoms with Gasteiger partial charge in [0.25, 0.3) is 5.91 Å². The second-order valence-corrected chi connectivity index (χ2v) is 6.66. The van der Waals surface area contributed by atoms with Crippen molar-refractivity contribution in [3.63, 3.8) is 0 Å². The number of halogens is 2. The Morgan fingerprint density at radius 2 is 1.81 bits per heavy atom. The van der Waals surface area contributed by atoms with Crippen LogP contribution >= 0.6 is 24.8 Å². The van der Waals surface area contributed by atoms with Gasteiger partial charge in [-0.2, -0.15) is 0 Å². The fourth-order valence-electron chi connectivity index (χ4n) is 3.02. The minimum atomic E-state index is -0.103. The van der Waals surface area contributed by atoms with E-state index in [0.29, 0.717) is 18.3 Å². The molecule has 9 heteroatoms. The third-order valence-corrected chi connectivity index (χ3v) is 4.50. The SMILES string of the molecule is CN(C)CCN(C(=O)c1cn(C2CCNCC2)nn1)c1ccccc1.Cl.Cl. The minimum absolute atomic E-state index is 0. The lowest BCUT2D eigenvalue weighted by molar-refractivity contribution is 0.0980. The molecule has 1 aliphatic rings. The van der Waals surface area contributed by atoms with Gasteiger partial charge in [-0.05, 0) is 52.2 Å². The van der Waals surface area contributed by atoms with Crippen molar-refractivity contribution in [1.29, 1.82) is 0 Å². The van der Waals surface area contributed by atoms with Crippen molar-refractivity contribution >= 4 is 36.4 Å². The summed E-state index contributed by atoms with van der Waals surface area (Å²) in [6, 6.07) is 10.1. The van der Waals surface area contributed by atoms with E-state index in [2.05, 4.69) is 20.5 Å². The number of nitrogens with zero attached hydrogens (tertiary/aromatic N) is 5. The summed E-state index contributed by atoms with van der Waals surface area (Å²) >= 11 is 0. The lowest BCUT2D eigenvalue weighted by Gasteiger charge is -2.24. The number of carbonyl (C=O) groups excluding carboxylic acids is 1. The summed E-state index contributed by atoms with van der Waals surface area (Å²) in [5, 5.41) is 11.7. The van der Waals surface area contributed by atoms with Gasteiger partial charge in [0.05, 0.1) is 12.2 Å². The molecule has 150 valence electrons. The molecular weight excluding hydrogens is 387 g/mol. The zero-order valence-electron chi connectivity index (χ0n) is 15.7. The predicted octanol–water partition coefficient (Wildman–Crippen LogP) is 2.25. The van der Waals surface area contributed by atoms with Crippen LogP contribution in [0.1, 0.15) is 29.4 Å². The highest BCUT2D eigenvalue weighted by Gasteiger charge is 2.23. The van der Waals surface area contributed by atoms with Gasteiger partial charge in [0.2, 0.25) is 0 Å². The third-order valence-electron chi connectivity index (χ3n) is 4.50. The van der Waals surface area contributed by atoms with Crippen LogP contribution in [0.3, 0.4) is 0 Å². The summed E-state index contributed by atoms with van der Waals surface area (Å²) in [6.07, 6.45) is 3.82. The fraction of sp³-hybridized carbons (Fsp3) is 0.500. The van der Waals surface area contributed by atoms with Gasteiger partial charge in [-0.3, -0.25) is 4.79 Å². The Hall–Kier alpha value is -1.67. The highest BCUT2D eigenvalue weighted by molar-refractivity contribution is 6.04. The fourth-order valence-corrected chi connectivity index (χ4v) is 3.02. The quantitative estimate of drug-likeness (QED) is 0.784. The molecule has 0 atom stereocenters. The van der Waals surface area contributed by atoms with Crippen LogP contribution in [0.15, 0.2) is 36.5 Å². The van der Waals surface area contributed by atoms with Crippen molar-refractivity contribution in [2.45, 2.75) is 18.9 Å². The summed E-state index contributed by atoms with van der Waals surface area (Å²) in [4.78, 5) is 16.9. The molecule has 0 aliphatic carbocycles. The van der Waals surface area contributed by atoms with Crippen LogP contribution in [0.4, 0.5) is 5.69 Å². The van der Waals surface area contributed by atoms with Crippen LogP contribution in [0.2, 0.25) is 0 Å². The molecule has 3 rings (SSSR count). The number of carbonyl (C=O) groups is 1. The smallest absolute Gasteiger partial charge is 0.280 e. The number of hydrogen-bond acceptors (Lipinski definition) is 5. The Balaban J connectivity index is 0.00000182. The van der Waals surface area contributed by atoms with Crippen LogP contribution in [0.25, 0.3) is 0 Å². The van der Waals surface area contributed by atoms with E-state index in [9.17, 15) is 4.79 Å². The molecule has 1 amide bonds. The Morgan fingerprint density at radius 1 is 1.15 bits per heavy atom. The summed E-state index contributed by atoms with van der Waals surface area (Å²) in [7, 11) is 4.00. The molecule has 2 aromatic rings. The molecule has 0 radical (unpaired) electrons. The van der Waals surface area contributed by atoms with E-state index < -0.39 is 0 Å². The number of rotatable bonds is 6. The van der Waals surface area contributed by atoms with Crippen LogP contribution in [-0.4, -0.2) is 66.1 Å². The Morgan fingerprint density at radius 3 is 2.44 bits per heavy atom. The molecular formula is C18H28Cl2N6O. The molecule has 0 spiro atoms. The molecule has 0 saturated carbocycles. The lowest BCUT2D eigenvalue weighted by Crippen LogP contribution is -2.37. The highest BCUT2D eigenvalue weighted by Crippen LogP contribution is 2.19. The number of aromatic nitrogens is 3. The monoisotopic (exact) mass is 414 g/mol. The number of amides is 1. The number of hydrogen-bond donors (Lipinski definition) is 1. The van der Waals surface area contributed by atoms with Gasteiger partial charge in [-0.15, -0.1) is 29.9 Å². The lowest BCUT2D eigenvalue weighted by atomic mass is 10.1. The first-order valence-corrected chi connectivity index (χ1v) is 8.79. The van der Waals surface area contributed by atoms with Crippen molar-refractivity contribution in [3.05, 3.63) is 42.2 Å².